The van der Waals surface area contributed by atoms with Gasteiger partial charge in [0.15, 0.2) is 0 Å². The standard InChI is InChI=1S/C19H19NO3/c1-2-23-14-6-4-3-5-13(14)20-17(21)15-11-7-8-12(16(15)18(20)22)19(11)9-10-19/h3-8,11-12,15-16H,2,9-10H2,1H3/t11-,12+,15-,16-/m0/s1. The van der Waals surface area contributed by atoms with Gasteiger partial charge in [-0.1, -0.05) is 24.3 Å². The first-order valence-corrected chi connectivity index (χ1v) is 8.47. The van der Waals surface area contributed by atoms with Gasteiger partial charge in [0.2, 0.25) is 11.8 Å². The molecule has 4 heteroatoms. The highest BCUT2D eigenvalue weighted by Gasteiger charge is 2.73. The average Bonchev–Trinajstić information content (AvgIpc) is 3.15. The number of rotatable bonds is 3. The molecule has 4 nitrogen and oxygen atoms in total. The summed E-state index contributed by atoms with van der Waals surface area (Å²) < 4.78 is 5.63. The molecule has 4 aliphatic rings. The van der Waals surface area contributed by atoms with E-state index in [0.717, 1.165) is 0 Å². The second kappa shape index (κ2) is 4.25. The number of anilines is 1. The number of carbonyl (C=O) groups excluding carboxylic acids is 2. The van der Waals surface area contributed by atoms with Gasteiger partial charge in [0.05, 0.1) is 24.1 Å². The zero-order valence-corrected chi connectivity index (χ0v) is 13.1. The van der Waals surface area contributed by atoms with E-state index in [9.17, 15) is 9.59 Å². The van der Waals surface area contributed by atoms with Crippen LogP contribution in [0, 0.1) is 29.1 Å². The molecule has 0 radical (unpaired) electrons. The Morgan fingerprint density at radius 1 is 1.09 bits per heavy atom. The van der Waals surface area contributed by atoms with E-state index >= 15 is 0 Å². The van der Waals surface area contributed by atoms with Crippen molar-refractivity contribution in [2.24, 2.45) is 29.1 Å². The Balaban J connectivity index is 1.56. The van der Waals surface area contributed by atoms with Crippen molar-refractivity contribution >= 4 is 17.5 Å². The van der Waals surface area contributed by atoms with Crippen LogP contribution in [-0.4, -0.2) is 18.4 Å². The van der Waals surface area contributed by atoms with Gasteiger partial charge in [-0.3, -0.25) is 9.59 Å². The molecule has 23 heavy (non-hydrogen) atoms. The summed E-state index contributed by atoms with van der Waals surface area (Å²) >= 11 is 0. The average molecular weight is 309 g/mol. The minimum atomic E-state index is -0.158. The van der Waals surface area contributed by atoms with Gasteiger partial charge >= 0.3 is 0 Å². The summed E-state index contributed by atoms with van der Waals surface area (Å²) in [6.07, 6.45) is 6.72. The fraction of sp³-hybridized carbons (Fsp3) is 0.474. The van der Waals surface area contributed by atoms with Crippen molar-refractivity contribution in [3.63, 3.8) is 0 Å². The van der Waals surface area contributed by atoms with Crippen LogP contribution in [0.4, 0.5) is 5.69 Å². The molecule has 0 aromatic heterocycles. The van der Waals surface area contributed by atoms with Crippen molar-refractivity contribution in [2.45, 2.75) is 19.8 Å². The third-order valence-electron chi connectivity index (χ3n) is 6.26. The predicted molar refractivity (Wildman–Crippen MR) is 84.9 cm³/mol. The van der Waals surface area contributed by atoms with Gasteiger partial charge in [-0.25, -0.2) is 4.90 Å². The molecule has 118 valence electrons. The predicted octanol–water partition coefficient (Wildman–Crippen LogP) is 2.79. The third-order valence-corrected chi connectivity index (χ3v) is 6.26. The Labute approximate surface area is 135 Å². The molecule has 2 saturated carbocycles. The summed E-state index contributed by atoms with van der Waals surface area (Å²) in [6, 6.07) is 7.35. The number of allylic oxidation sites excluding steroid dienone is 2. The van der Waals surface area contributed by atoms with Crippen molar-refractivity contribution < 1.29 is 14.3 Å². The molecule has 1 heterocycles. The van der Waals surface area contributed by atoms with Crippen LogP contribution < -0.4 is 9.64 Å². The number of benzene rings is 1. The van der Waals surface area contributed by atoms with Gasteiger partial charge in [0.25, 0.3) is 0 Å². The highest BCUT2D eigenvalue weighted by atomic mass is 16.5. The van der Waals surface area contributed by atoms with Gasteiger partial charge < -0.3 is 4.74 Å². The second-order valence-corrected chi connectivity index (χ2v) is 7.13. The van der Waals surface area contributed by atoms with E-state index in [4.69, 9.17) is 4.74 Å². The van der Waals surface area contributed by atoms with E-state index in [1.807, 2.05) is 31.2 Å². The number of fused-ring (bicyclic) bond motifs is 3. The number of hydrogen-bond acceptors (Lipinski definition) is 3. The van der Waals surface area contributed by atoms with E-state index in [0.29, 0.717) is 18.0 Å². The molecule has 1 spiro atoms. The maximum atomic E-state index is 13.1. The van der Waals surface area contributed by atoms with Crippen LogP contribution in [0.5, 0.6) is 5.75 Å². The zero-order valence-electron chi connectivity index (χ0n) is 13.1. The van der Waals surface area contributed by atoms with Gasteiger partial charge in [-0.15, -0.1) is 0 Å². The van der Waals surface area contributed by atoms with Crippen molar-refractivity contribution in [3.05, 3.63) is 36.4 Å². The number of carbonyl (C=O) groups is 2. The lowest BCUT2D eigenvalue weighted by Gasteiger charge is -2.23. The van der Waals surface area contributed by atoms with Crippen LogP contribution in [0.3, 0.4) is 0 Å². The largest absolute Gasteiger partial charge is 0.492 e. The quantitative estimate of drug-likeness (QED) is 0.637. The Hall–Kier alpha value is -2.10. The smallest absolute Gasteiger partial charge is 0.238 e. The van der Waals surface area contributed by atoms with Crippen LogP contribution in [0.1, 0.15) is 19.8 Å². The molecule has 1 aromatic rings. The van der Waals surface area contributed by atoms with E-state index in [2.05, 4.69) is 12.2 Å². The van der Waals surface area contributed by atoms with Gasteiger partial charge in [0, 0.05) is 0 Å². The minimum Gasteiger partial charge on any atom is -0.492 e. The molecule has 2 bridgehead atoms. The number of imide groups is 1. The van der Waals surface area contributed by atoms with E-state index < -0.39 is 0 Å². The van der Waals surface area contributed by atoms with Crippen LogP contribution in [0.25, 0.3) is 0 Å². The monoisotopic (exact) mass is 309 g/mol. The van der Waals surface area contributed by atoms with E-state index in [1.165, 1.54) is 17.7 Å². The first-order chi connectivity index (χ1) is 11.2. The Morgan fingerprint density at radius 3 is 2.26 bits per heavy atom. The fourth-order valence-electron chi connectivity index (χ4n) is 5.24. The molecule has 5 rings (SSSR count). The highest BCUT2D eigenvalue weighted by molar-refractivity contribution is 6.23. The summed E-state index contributed by atoms with van der Waals surface area (Å²) in [5.74, 6) is 0.754. The summed E-state index contributed by atoms with van der Waals surface area (Å²) in [7, 11) is 0. The van der Waals surface area contributed by atoms with E-state index in [1.54, 1.807) is 0 Å². The van der Waals surface area contributed by atoms with Gasteiger partial charge in [-0.2, -0.15) is 0 Å². The summed E-state index contributed by atoms with van der Waals surface area (Å²) in [5, 5.41) is 0. The van der Waals surface area contributed by atoms with Crippen LogP contribution in [0.2, 0.25) is 0 Å². The van der Waals surface area contributed by atoms with Gasteiger partial charge in [-0.05, 0) is 49.1 Å². The SMILES string of the molecule is CCOc1ccccc1N1C(=O)[C@@H]2[C@@H](C1=O)[C@@H]1C=C[C@H]2C12CC2. The molecule has 0 unspecified atom stereocenters. The topological polar surface area (TPSA) is 46.6 Å². The van der Waals surface area contributed by atoms with Crippen molar-refractivity contribution in [2.75, 3.05) is 11.5 Å². The van der Waals surface area contributed by atoms with Crippen LogP contribution in [0.15, 0.2) is 36.4 Å². The third kappa shape index (κ3) is 1.47. The molecule has 1 aliphatic heterocycles. The lowest BCUT2D eigenvalue weighted by Crippen LogP contribution is -2.35. The number of para-hydroxylation sites is 2. The fourth-order valence-corrected chi connectivity index (χ4v) is 5.24. The van der Waals surface area contributed by atoms with Crippen molar-refractivity contribution in [3.8, 4) is 5.75 Å². The van der Waals surface area contributed by atoms with Crippen LogP contribution in [-0.2, 0) is 9.59 Å². The molecule has 0 N–H and O–H groups in total. The summed E-state index contributed by atoms with van der Waals surface area (Å²) in [6.45, 7) is 2.41. The molecule has 3 aliphatic carbocycles. The zero-order chi connectivity index (χ0) is 15.8. The van der Waals surface area contributed by atoms with E-state index in [-0.39, 0.29) is 40.9 Å². The minimum absolute atomic E-state index is 0.0321. The first-order valence-electron chi connectivity index (χ1n) is 8.47. The maximum absolute atomic E-state index is 13.1. The molecule has 1 aromatic carbocycles. The maximum Gasteiger partial charge on any atom is 0.238 e. The molecular formula is C19H19NO3. The Kier molecular flexibility index (Phi) is 2.47. The summed E-state index contributed by atoms with van der Waals surface area (Å²) in [5.41, 5.74) is 0.842. The van der Waals surface area contributed by atoms with Crippen molar-refractivity contribution in [1.82, 2.24) is 0 Å². The number of hydrogen-bond donors (Lipinski definition) is 0. The van der Waals surface area contributed by atoms with Crippen LogP contribution >= 0.6 is 0 Å². The normalized spacial score (nSPS) is 35.3. The Bertz CT molecular complexity index is 715. The lowest BCUT2D eigenvalue weighted by molar-refractivity contribution is -0.123. The molecule has 2 amide bonds. The number of amides is 2. The van der Waals surface area contributed by atoms with Gasteiger partial charge in [0.1, 0.15) is 5.75 Å². The Morgan fingerprint density at radius 2 is 1.70 bits per heavy atom. The number of nitrogens with zero attached hydrogens (tertiary/aromatic N) is 1. The summed E-state index contributed by atoms with van der Waals surface area (Å²) in [4.78, 5) is 27.5. The highest BCUT2D eigenvalue weighted by Crippen LogP contribution is 2.73. The van der Waals surface area contributed by atoms with Crippen molar-refractivity contribution in [1.29, 1.82) is 0 Å². The lowest BCUT2D eigenvalue weighted by atomic mass is 9.85. The number of ether oxygens (including phenoxy) is 1. The first kappa shape index (κ1) is 13.3. The molecule has 3 fully saturated rings. The molecular weight excluding hydrogens is 290 g/mol. The molecule has 1 saturated heterocycles. The molecule has 4 atom stereocenters. The second-order valence-electron chi connectivity index (χ2n) is 7.13.